The highest BCUT2D eigenvalue weighted by atomic mass is 19.1. The molecule has 0 radical (unpaired) electrons. The summed E-state index contributed by atoms with van der Waals surface area (Å²) in [6.45, 7) is -0.131. The van der Waals surface area contributed by atoms with E-state index >= 15 is 0 Å². The van der Waals surface area contributed by atoms with Gasteiger partial charge in [0.1, 0.15) is 17.6 Å². The number of carbonyl (C=O) groups excluding carboxylic acids is 1. The Hall–Kier alpha value is -3.07. The third kappa shape index (κ3) is 3.94. The second-order valence-corrected chi connectivity index (χ2v) is 4.00. The zero-order valence-electron chi connectivity index (χ0n) is 11.0. The lowest BCUT2D eigenvalue weighted by atomic mass is 10.3. The van der Waals surface area contributed by atoms with Gasteiger partial charge >= 0.3 is 6.03 Å². The van der Waals surface area contributed by atoms with Crippen LogP contribution >= 0.6 is 0 Å². The smallest absolute Gasteiger partial charge is 0.323 e. The Labute approximate surface area is 121 Å². The van der Waals surface area contributed by atoms with E-state index in [1.54, 1.807) is 30.3 Å². The molecule has 0 unspecified atom stereocenters. The molecule has 106 valence electrons. The number of nitriles is 1. The number of anilines is 2. The Morgan fingerprint density at radius 1 is 1.10 bits per heavy atom. The molecule has 21 heavy (non-hydrogen) atoms. The number of urea groups is 1. The van der Waals surface area contributed by atoms with Gasteiger partial charge in [-0.15, -0.1) is 0 Å². The minimum Gasteiger partial charge on any atom is -0.477 e. The monoisotopic (exact) mass is 285 g/mol. The van der Waals surface area contributed by atoms with Crippen molar-refractivity contribution in [2.75, 3.05) is 17.2 Å². The second-order valence-electron chi connectivity index (χ2n) is 4.00. The Balaban J connectivity index is 2.06. The summed E-state index contributed by atoms with van der Waals surface area (Å²) in [5.41, 5.74) is 0.465. The highest BCUT2D eigenvalue weighted by molar-refractivity contribution is 6.00. The SMILES string of the molecule is N#CCOc1ccccc1NC(=O)Nc1ccccc1F. The minimum atomic E-state index is -0.604. The highest BCUT2D eigenvalue weighted by Gasteiger charge is 2.09. The number of hydrogen-bond acceptors (Lipinski definition) is 3. The van der Waals surface area contributed by atoms with Crippen LogP contribution in [0.4, 0.5) is 20.6 Å². The van der Waals surface area contributed by atoms with Crippen molar-refractivity contribution < 1.29 is 13.9 Å². The fourth-order valence-electron chi connectivity index (χ4n) is 1.64. The summed E-state index contributed by atoms with van der Waals surface area (Å²) < 4.78 is 18.6. The molecule has 2 rings (SSSR count). The third-order valence-corrected chi connectivity index (χ3v) is 2.55. The van der Waals surface area contributed by atoms with Gasteiger partial charge in [0.15, 0.2) is 6.61 Å². The van der Waals surface area contributed by atoms with Crippen LogP contribution in [0.1, 0.15) is 0 Å². The number of hydrogen-bond donors (Lipinski definition) is 2. The molecule has 0 saturated carbocycles. The van der Waals surface area contributed by atoms with Crippen LogP contribution in [-0.2, 0) is 0 Å². The summed E-state index contributed by atoms with van der Waals surface area (Å²) in [5.74, 6) is -0.163. The summed E-state index contributed by atoms with van der Waals surface area (Å²) >= 11 is 0. The van der Waals surface area contributed by atoms with Crippen molar-refractivity contribution in [2.45, 2.75) is 0 Å². The summed E-state index contributed by atoms with van der Waals surface area (Å²) in [7, 11) is 0. The minimum absolute atomic E-state index is 0.0745. The van der Waals surface area contributed by atoms with Gasteiger partial charge in [-0.25, -0.2) is 9.18 Å². The normalized spacial score (nSPS) is 9.52. The molecular formula is C15H12FN3O2. The molecule has 0 aliphatic rings. The van der Waals surface area contributed by atoms with Crippen molar-refractivity contribution in [3.05, 3.63) is 54.3 Å². The number of benzene rings is 2. The first-order valence-corrected chi connectivity index (χ1v) is 6.12. The van der Waals surface area contributed by atoms with Crippen molar-refractivity contribution in [2.24, 2.45) is 0 Å². The largest absolute Gasteiger partial charge is 0.477 e. The van der Waals surface area contributed by atoms with E-state index in [1.165, 1.54) is 18.2 Å². The molecule has 2 aromatic rings. The molecule has 6 heteroatoms. The Morgan fingerprint density at radius 2 is 1.71 bits per heavy atom. The number of halogens is 1. The summed E-state index contributed by atoms with van der Waals surface area (Å²) in [6, 6.07) is 13.7. The molecule has 2 aromatic carbocycles. The lowest BCUT2D eigenvalue weighted by Gasteiger charge is -2.11. The van der Waals surface area contributed by atoms with Gasteiger partial charge in [-0.3, -0.25) is 0 Å². The van der Waals surface area contributed by atoms with Gasteiger partial charge in [0.05, 0.1) is 11.4 Å². The zero-order chi connectivity index (χ0) is 15.1. The maximum Gasteiger partial charge on any atom is 0.323 e. The van der Waals surface area contributed by atoms with E-state index in [2.05, 4.69) is 10.6 Å². The van der Waals surface area contributed by atoms with Crippen molar-refractivity contribution in [1.29, 1.82) is 5.26 Å². The standard InChI is InChI=1S/C15H12FN3O2/c16-11-5-1-2-6-12(11)18-15(20)19-13-7-3-4-8-14(13)21-10-9-17/h1-8H,10H2,(H2,18,19,20). The van der Waals surface area contributed by atoms with Crippen LogP contribution in [0.3, 0.4) is 0 Å². The van der Waals surface area contributed by atoms with E-state index in [1.807, 2.05) is 6.07 Å². The quantitative estimate of drug-likeness (QED) is 0.904. The van der Waals surface area contributed by atoms with Gasteiger partial charge in [0.2, 0.25) is 0 Å². The summed E-state index contributed by atoms with van der Waals surface area (Å²) in [4.78, 5) is 11.9. The van der Waals surface area contributed by atoms with Gasteiger partial charge in [-0.1, -0.05) is 24.3 Å². The van der Waals surface area contributed by atoms with Crippen molar-refractivity contribution >= 4 is 17.4 Å². The van der Waals surface area contributed by atoms with E-state index in [9.17, 15) is 9.18 Å². The maximum atomic E-state index is 13.4. The van der Waals surface area contributed by atoms with E-state index in [0.29, 0.717) is 11.4 Å². The van der Waals surface area contributed by atoms with Crippen molar-refractivity contribution in [3.8, 4) is 11.8 Å². The number of nitrogens with zero attached hydrogens (tertiary/aromatic N) is 1. The van der Waals surface area contributed by atoms with Gasteiger partial charge in [-0.05, 0) is 24.3 Å². The van der Waals surface area contributed by atoms with E-state index < -0.39 is 11.8 Å². The molecular weight excluding hydrogens is 273 g/mol. The van der Waals surface area contributed by atoms with Crippen LogP contribution in [0.25, 0.3) is 0 Å². The second kappa shape index (κ2) is 6.91. The van der Waals surface area contributed by atoms with Crippen LogP contribution < -0.4 is 15.4 Å². The molecule has 0 spiro atoms. The third-order valence-electron chi connectivity index (χ3n) is 2.55. The van der Waals surface area contributed by atoms with Gasteiger partial charge in [0, 0.05) is 0 Å². The molecule has 2 N–H and O–H groups in total. The number of rotatable bonds is 4. The Kier molecular flexibility index (Phi) is 4.72. The first kappa shape index (κ1) is 14.3. The Bertz CT molecular complexity index is 683. The van der Waals surface area contributed by atoms with Crippen LogP contribution in [0, 0.1) is 17.1 Å². The molecule has 5 nitrogen and oxygen atoms in total. The van der Waals surface area contributed by atoms with Crippen molar-refractivity contribution in [3.63, 3.8) is 0 Å². The number of nitrogens with one attached hydrogen (secondary N) is 2. The average molecular weight is 285 g/mol. The topological polar surface area (TPSA) is 74.1 Å². The molecule has 2 amide bonds. The summed E-state index contributed by atoms with van der Waals surface area (Å²) in [6.07, 6.45) is 0. The van der Waals surface area contributed by atoms with Gasteiger partial charge in [-0.2, -0.15) is 5.26 Å². The molecule has 0 aliphatic heterocycles. The fourth-order valence-corrected chi connectivity index (χ4v) is 1.64. The highest BCUT2D eigenvalue weighted by Crippen LogP contribution is 2.24. The molecule has 0 heterocycles. The van der Waals surface area contributed by atoms with E-state index in [4.69, 9.17) is 10.00 Å². The first-order valence-electron chi connectivity index (χ1n) is 6.12. The van der Waals surface area contributed by atoms with Gasteiger partial charge in [0.25, 0.3) is 0 Å². The van der Waals surface area contributed by atoms with Crippen LogP contribution in [0.2, 0.25) is 0 Å². The van der Waals surface area contributed by atoms with E-state index in [0.717, 1.165) is 0 Å². The maximum absolute atomic E-state index is 13.4. The zero-order valence-corrected chi connectivity index (χ0v) is 11.0. The van der Waals surface area contributed by atoms with Crippen LogP contribution in [0.15, 0.2) is 48.5 Å². The molecule has 0 atom stereocenters. The van der Waals surface area contributed by atoms with E-state index in [-0.39, 0.29) is 12.3 Å². The van der Waals surface area contributed by atoms with Crippen LogP contribution in [0.5, 0.6) is 5.75 Å². The predicted molar refractivity (Wildman–Crippen MR) is 76.6 cm³/mol. The van der Waals surface area contributed by atoms with Crippen molar-refractivity contribution in [1.82, 2.24) is 0 Å². The number of para-hydroxylation sites is 3. The lowest BCUT2D eigenvalue weighted by molar-refractivity contribution is 0.262. The van der Waals surface area contributed by atoms with Crippen LogP contribution in [-0.4, -0.2) is 12.6 Å². The molecule has 0 saturated heterocycles. The Morgan fingerprint density at radius 3 is 2.43 bits per heavy atom. The molecule has 0 bridgehead atoms. The number of carbonyl (C=O) groups is 1. The fraction of sp³-hybridized carbons (Fsp3) is 0.0667. The molecule has 0 aromatic heterocycles. The predicted octanol–water partition coefficient (Wildman–Crippen LogP) is 3.37. The first-order chi connectivity index (χ1) is 10.2. The number of ether oxygens (including phenoxy) is 1. The lowest BCUT2D eigenvalue weighted by Crippen LogP contribution is -2.20. The average Bonchev–Trinajstić information content (AvgIpc) is 2.49. The molecule has 0 fully saturated rings. The summed E-state index contributed by atoms with van der Waals surface area (Å²) in [5, 5.41) is 13.4. The number of amides is 2. The molecule has 0 aliphatic carbocycles. The van der Waals surface area contributed by atoms with Gasteiger partial charge < -0.3 is 15.4 Å².